The minimum Gasteiger partial charge on any atom is -0.344 e. The molecular formula is C34H43N3O. The summed E-state index contributed by atoms with van der Waals surface area (Å²) in [6.45, 7) is 19.5. The van der Waals surface area contributed by atoms with E-state index in [0.717, 1.165) is 41.5 Å². The largest absolute Gasteiger partial charge is 0.344 e. The molecule has 0 aliphatic carbocycles. The molecule has 2 bridgehead atoms. The summed E-state index contributed by atoms with van der Waals surface area (Å²) in [7, 11) is 0. The van der Waals surface area contributed by atoms with Crippen LogP contribution in [0.25, 0.3) is 10.9 Å². The van der Waals surface area contributed by atoms with Gasteiger partial charge in [-0.15, -0.1) is 6.58 Å². The maximum Gasteiger partial charge on any atom is 0.251 e. The molecule has 0 spiro atoms. The molecular weight excluding hydrogens is 466 g/mol. The summed E-state index contributed by atoms with van der Waals surface area (Å²) in [4.78, 5) is 21.3. The molecule has 3 aliphatic rings. The number of pyridine rings is 1. The third-order valence-corrected chi connectivity index (χ3v) is 8.77. The summed E-state index contributed by atoms with van der Waals surface area (Å²) in [5.74, 6) is 1.14. The smallest absolute Gasteiger partial charge is 0.251 e. The number of para-hydroxylation sites is 1. The molecule has 4 heteroatoms. The fraction of sp³-hybridized carbons (Fsp3) is 0.471. The molecule has 0 saturated carbocycles. The Labute approximate surface area is 228 Å². The fourth-order valence-electron chi connectivity index (χ4n) is 6.34. The molecule has 6 rings (SSSR count). The minimum atomic E-state index is -0.125. The lowest BCUT2D eigenvalue weighted by Crippen LogP contribution is -2.57. The second-order valence-corrected chi connectivity index (χ2v) is 13.4. The highest BCUT2D eigenvalue weighted by molar-refractivity contribution is 5.95. The number of nitrogens with one attached hydrogen (secondary N) is 1. The van der Waals surface area contributed by atoms with Crippen molar-refractivity contribution in [3.63, 3.8) is 0 Å². The van der Waals surface area contributed by atoms with Crippen LogP contribution in [-0.2, 0) is 10.8 Å². The highest BCUT2D eigenvalue weighted by Gasteiger charge is 2.43. The van der Waals surface area contributed by atoms with E-state index in [4.69, 9.17) is 0 Å². The van der Waals surface area contributed by atoms with Crippen molar-refractivity contribution in [2.24, 2.45) is 11.8 Å². The van der Waals surface area contributed by atoms with Gasteiger partial charge in [-0.25, -0.2) is 0 Å². The Morgan fingerprint density at radius 2 is 1.74 bits per heavy atom. The lowest BCUT2D eigenvalue weighted by Gasteiger charge is -2.51. The van der Waals surface area contributed by atoms with Crippen LogP contribution in [0.2, 0.25) is 0 Å². The number of carbonyl (C=O) groups is 1. The van der Waals surface area contributed by atoms with Crippen molar-refractivity contribution < 1.29 is 4.79 Å². The van der Waals surface area contributed by atoms with E-state index in [1.807, 2.05) is 12.3 Å². The van der Waals surface area contributed by atoms with Gasteiger partial charge in [0.2, 0.25) is 0 Å². The van der Waals surface area contributed by atoms with Gasteiger partial charge >= 0.3 is 0 Å². The molecule has 38 heavy (non-hydrogen) atoms. The fourth-order valence-corrected chi connectivity index (χ4v) is 6.34. The predicted molar refractivity (Wildman–Crippen MR) is 158 cm³/mol. The van der Waals surface area contributed by atoms with Crippen LogP contribution in [0.1, 0.15) is 87.5 Å². The van der Waals surface area contributed by atoms with E-state index in [0.29, 0.717) is 11.8 Å². The molecule has 3 fully saturated rings. The van der Waals surface area contributed by atoms with Gasteiger partial charge in [0.25, 0.3) is 5.91 Å². The van der Waals surface area contributed by atoms with Crippen LogP contribution in [0.3, 0.4) is 0 Å². The van der Waals surface area contributed by atoms with Gasteiger partial charge in [-0.05, 0) is 83.0 Å². The first-order valence-electron chi connectivity index (χ1n) is 14.1. The molecule has 4 nitrogen and oxygen atoms in total. The quantitative estimate of drug-likeness (QED) is 0.370. The molecule has 0 radical (unpaired) electrons. The van der Waals surface area contributed by atoms with Gasteiger partial charge in [0, 0.05) is 29.7 Å². The number of nitrogens with zero attached hydrogens (tertiary/aromatic N) is 2. The monoisotopic (exact) mass is 509 g/mol. The molecule has 5 atom stereocenters. The summed E-state index contributed by atoms with van der Waals surface area (Å²) in [6, 6.07) is 17.0. The average molecular weight is 510 g/mol. The van der Waals surface area contributed by atoms with E-state index < -0.39 is 0 Å². The molecule has 4 heterocycles. The minimum absolute atomic E-state index is 0.00425. The first kappa shape index (κ1) is 26.6. The first-order chi connectivity index (χ1) is 18.0. The highest BCUT2D eigenvalue weighted by atomic mass is 16.1. The number of amides is 1. The maximum absolute atomic E-state index is 14.1. The van der Waals surface area contributed by atoms with Gasteiger partial charge < -0.3 is 5.32 Å². The Morgan fingerprint density at radius 3 is 2.34 bits per heavy atom. The zero-order chi connectivity index (χ0) is 27.2. The molecule has 1 unspecified atom stereocenters. The number of piperidine rings is 3. The van der Waals surface area contributed by atoms with Crippen molar-refractivity contribution in [1.82, 2.24) is 15.2 Å². The molecule has 1 aromatic heterocycles. The second-order valence-electron chi connectivity index (χ2n) is 13.4. The van der Waals surface area contributed by atoms with Gasteiger partial charge in [-0.3, -0.25) is 14.7 Å². The van der Waals surface area contributed by atoms with Gasteiger partial charge in [0.05, 0.1) is 11.6 Å². The van der Waals surface area contributed by atoms with Crippen molar-refractivity contribution in [3.8, 4) is 0 Å². The van der Waals surface area contributed by atoms with Crippen LogP contribution in [0.5, 0.6) is 0 Å². The Kier molecular flexibility index (Phi) is 6.98. The molecule has 1 N–H and O–H groups in total. The van der Waals surface area contributed by atoms with Crippen molar-refractivity contribution in [3.05, 3.63) is 89.6 Å². The molecule has 3 aliphatic heterocycles. The second kappa shape index (κ2) is 9.96. The van der Waals surface area contributed by atoms with E-state index in [-0.39, 0.29) is 28.8 Å². The average Bonchev–Trinajstić information content (AvgIpc) is 2.90. The van der Waals surface area contributed by atoms with Crippen molar-refractivity contribution in [2.75, 3.05) is 13.1 Å². The molecule has 200 valence electrons. The Morgan fingerprint density at radius 1 is 1.05 bits per heavy atom. The van der Waals surface area contributed by atoms with Crippen LogP contribution in [-0.4, -0.2) is 34.9 Å². The molecule has 2 aromatic carbocycles. The summed E-state index contributed by atoms with van der Waals surface area (Å²) >= 11 is 0. The number of hydrogen-bond acceptors (Lipinski definition) is 3. The SMILES string of the molecule is C=C[C@H]1CN2CC[C@H]1C[C@@H]2[C@H](NC(=O)c1cc(C(C)(C)C)cc(C(C)(C)C)c1)c1ccnc2ccccc12. The predicted octanol–water partition coefficient (Wildman–Crippen LogP) is 7.20. The Balaban J connectivity index is 1.57. The summed E-state index contributed by atoms with van der Waals surface area (Å²) in [6.07, 6.45) is 6.29. The van der Waals surface area contributed by atoms with Crippen molar-refractivity contribution in [1.29, 1.82) is 0 Å². The zero-order valence-corrected chi connectivity index (χ0v) is 23.9. The normalized spacial score (nSPS) is 24.3. The Hall–Kier alpha value is -2.98. The van der Waals surface area contributed by atoms with Crippen LogP contribution in [0.15, 0.2) is 67.4 Å². The summed E-state index contributed by atoms with van der Waals surface area (Å²) in [5.41, 5.74) is 5.14. The maximum atomic E-state index is 14.1. The topological polar surface area (TPSA) is 45.2 Å². The van der Waals surface area contributed by atoms with E-state index in [1.54, 1.807) is 0 Å². The summed E-state index contributed by atoms with van der Waals surface area (Å²) in [5, 5.41) is 4.67. The zero-order valence-electron chi connectivity index (χ0n) is 23.9. The lowest BCUT2D eigenvalue weighted by molar-refractivity contribution is 0.00170. The lowest BCUT2D eigenvalue weighted by atomic mass is 9.73. The number of aromatic nitrogens is 1. The number of hydrogen-bond donors (Lipinski definition) is 1. The van der Waals surface area contributed by atoms with Crippen LogP contribution < -0.4 is 5.32 Å². The van der Waals surface area contributed by atoms with Gasteiger partial charge in [0.1, 0.15) is 0 Å². The van der Waals surface area contributed by atoms with Crippen molar-refractivity contribution >= 4 is 16.8 Å². The Bertz CT molecular complexity index is 1310. The van der Waals surface area contributed by atoms with Gasteiger partial charge in [-0.1, -0.05) is 71.9 Å². The summed E-state index contributed by atoms with van der Waals surface area (Å²) < 4.78 is 0. The van der Waals surface area contributed by atoms with E-state index >= 15 is 0 Å². The van der Waals surface area contributed by atoms with E-state index in [2.05, 4.69) is 112 Å². The van der Waals surface area contributed by atoms with Gasteiger partial charge in [-0.2, -0.15) is 0 Å². The number of fused-ring (bicyclic) bond motifs is 4. The van der Waals surface area contributed by atoms with Crippen LogP contribution in [0, 0.1) is 11.8 Å². The third-order valence-electron chi connectivity index (χ3n) is 8.77. The third kappa shape index (κ3) is 5.16. The van der Waals surface area contributed by atoms with Crippen LogP contribution in [0.4, 0.5) is 0 Å². The number of benzene rings is 2. The number of carbonyl (C=O) groups excluding carboxylic acids is 1. The van der Waals surface area contributed by atoms with Crippen LogP contribution >= 0.6 is 0 Å². The van der Waals surface area contributed by atoms with E-state index in [1.165, 1.54) is 17.5 Å². The molecule has 1 amide bonds. The first-order valence-corrected chi connectivity index (χ1v) is 14.1. The number of rotatable bonds is 5. The standard InChI is InChI=1S/C34H43N3O/c1-8-22-21-37-16-14-23(22)19-30(37)31(28-13-15-35-29-12-10-9-11-27(28)29)36-32(38)24-17-25(33(2,3)4)20-26(18-24)34(5,6)7/h8-13,15,17-18,20,22-23,30-31H,1,14,16,19,21H2,2-7H3,(H,36,38)/t22-,23-,30+,31+/m0/s1. The molecule has 3 saturated heterocycles. The van der Waals surface area contributed by atoms with Crippen molar-refractivity contribution in [2.45, 2.75) is 77.3 Å². The molecule has 3 aromatic rings. The van der Waals surface area contributed by atoms with Gasteiger partial charge in [0.15, 0.2) is 0 Å². The van der Waals surface area contributed by atoms with E-state index in [9.17, 15) is 4.79 Å². The highest BCUT2D eigenvalue weighted by Crippen LogP contribution is 2.42.